The topological polar surface area (TPSA) is 63.7 Å². The van der Waals surface area contributed by atoms with Gasteiger partial charge in [0, 0.05) is 33.3 Å². The number of ether oxygens (including phenoxy) is 2. The Morgan fingerprint density at radius 2 is 2.19 bits per heavy atom. The highest BCUT2D eigenvalue weighted by Gasteiger charge is 2.12. The Hall–Kier alpha value is -1.66. The summed E-state index contributed by atoms with van der Waals surface area (Å²) in [5.74, 6) is 0.552. The summed E-state index contributed by atoms with van der Waals surface area (Å²) in [4.78, 5) is 17.7. The molecule has 0 bridgehead atoms. The first kappa shape index (κ1) is 17.4. The monoisotopic (exact) mass is 295 g/mol. The zero-order chi connectivity index (χ0) is 15.7. The molecule has 0 saturated heterocycles. The summed E-state index contributed by atoms with van der Waals surface area (Å²) in [6.45, 7) is 6.09. The molecule has 0 fully saturated rings. The van der Waals surface area contributed by atoms with Crippen molar-refractivity contribution in [2.24, 2.45) is 0 Å². The second kappa shape index (κ2) is 9.31. The molecule has 0 aromatic carbocycles. The Labute approximate surface area is 126 Å². The van der Waals surface area contributed by atoms with Crippen LogP contribution in [0.1, 0.15) is 19.5 Å². The van der Waals surface area contributed by atoms with Gasteiger partial charge in [0.05, 0.1) is 18.5 Å². The van der Waals surface area contributed by atoms with Crippen LogP contribution in [0, 0.1) is 0 Å². The summed E-state index contributed by atoms with van der Waals surface area (Å²) in [5.41, 5.74) is 0.920. The number of nitrogens with zero attached hydrogens (tertiary/aromatic N) is 2. The lowest BCUT2D eigenvalue weighted by molar-refractivity contribution is -0.133. The molecule has 6 nitrogen and oxygen atoms in total. The van der Waals surface area contributed by atoms with Crippen molar-refractivity contribution in [3.05, 3.63) is 24.0 Å². The summed E-state index contributed by atoms with van der Waals surface area (Å²) in [6.07, 6.45) is 1.63. The summed E-state index contributed by atoms with van der Waals surface area (Å²) in [6, 6.07) is 3.87. The van der Waals surface area contributed by atoms with Crippen molar-refractivity contribution in [2.45, 2.75) is 26.4 Å². The predicted octanol–water partition coefficient (Wildman–Crippen LogP) is 1.06. The molecule has 0 unspecified atom stereocenters. The minimum Gasteiger partial charge on any atom is -0.482 e. The Balaban J connectivity index is 2.35. The number of methoxy groups -OCH3 is 1. The first-order valence-electron chi connectivity index (χ1n) is 7.07. The van der Waals surface area contributed by atoms with Gasteiger partial charge in [0.15, 0.2) is 6.61 Å². The van der Waals surface area contributed by atoms with Gasteiger partial charge in [-0.05, 0) is 26.0 Å². The molecule has 0 spiro atoms. The van der Waals surface area contributed by atoms with Crippen molar-refractivity contribution < 1.29 is 14.3 Å². The van der Waals surface area contributed by atoms with Gasteiger partial charge in [-0.3, -0.25) is 9.78 Å². The maximum atomic E-state index is 11.8. The molecule has 1 heterocycles. The van der Waals surface area contributed by atoms with Gasteiger partial charge in [0.25, 0.3) is 5.91 Å². The summed E-state index contributed by atoms with van der Waals surface area (Å²) >= 11 is 0. The molecule has 1 rings (SSSR count). The second-order valence-electron chi connectivity index (χ2n) is 5.04. The first-order chi connectivity index (χ1) is 10.0. The number of nitrogens with one attached hydrogen (secondary N) is 1. The second-order valence-corrected chi connectivity index (χ2v) is 5.04. The number of hydrogen-bond donors (Lipinski definition) is 1. The zero-order valence-corrected chi connectivity index (χ0v) is 13.3. The molecule has 0 aliphatic carbocycles. The van der Waals surface area contributed by atoms with Gasteiger partial charge in [-0.1, -0.05) is 0 Å². The lowest BCUT2D eigenvalue weighted by Crippen LogP contribution is -2.36. The van der Waals surface area contributed by atoms with Crippen LogP contribution in [0.3, 0.4) is 0 Å². The normalized spacial score (nSPS) is 10.7. The summed E-state index contributed by atoms with van der Waals surface area (Å²) in [7, 11) is 3.44. The number of amides is 1. The van der Waals surface area contributed by atoms with Crippen molar-refractivity contribution in [3.8, 4) is 5.75 Å². The van der Waals surface area contributed by atoms with E-state index in [0.29, 0.717) is 18.9 Å². The molecule has 0 radical (unpaired) electrons. The summed E-state index contributed by atoms with van der Waals surface area (Å²) in [5, 5.41) is 3.21. The molecule has 1 N–H and O–H groups in total. The van der Waals surface area contributed by atoms with Crippen molar-refractivity contribution in [2.75, 3.05) is 33.9 Å². The lowest BCUT2D eigenvalue weighted by Gasteiger charge is -2.21. The van der Waals surface area contributed by atoms with Crippen LogP contribution in [0.25, 0.3) is 0 Å². The number of hydrogen-bond acceptors (Lipinski definition) is 5. The lowest BCUT2D eigenvalue weighted by atomic mass is 10.3. The predicted molar refractivity (Wildman–Crippen MR) is 81.2 cm³/mol. The molecule has 0 atom stereocenters. The number of likely N-dealkylation sites (N-methyl/N-ethyl adjacent to an activating group) is 1. The third kappa shape index (κ3) is 6.55. The van der Waals surface area contributed by atoms with Crippen molar-refractivity contribution >= 4 is 5.91 Å². The van der Waals surface area contributed by atoms with Gasteiger partial charge < -0.3 is 19.7 Å². The van der Waals surface area contributed by atoms with Gasteiger partial charge in [-0.15, -0.1) is 0 Å². The van der Waals surface area contributed by atoms with Crippen LogP contribution in [0.5, 0.6) is 5.75 Å². The number of carbonyl (C=O) groups excluding carboxylic acids is 1. The van der Waals surface area contributed by atoms with Crippen LogP contribution < -0.4 is 10.1 Å². The largest absolute Gasteiger partial charge is 0.482 e. The van der Waals surface area contributed by atoms with Crippen LogP contribution in [0.2, 0.25) is 0 Å². The standard InChI is InChI=1S/C15H25N3O3/c1-12(2)18(3)15(19)11-21-14-6-5-13(17-10-14)9-16-7-8-20-4/h5-6,10,12,16H,7-9,11H2,1-4H3. The average molecular weight is 295 g/mol. The SMILES string of the molecule is COCCNCc1ccc(OCC(=O)N(C)C(C)C)cn1. The highest BCUT2D eigenvalue weighted by molar-refractivity contribution is 5.77. The van der Waals surface area contributed by atoms with Crippen LogP contribution in [0.15, 0.2) is 18.3 Å². The minimum atomic E-state index is -0.0460. The molecular formula is C15H25N3O3. The highest BCUT2D eigenvalue weighted by atomic mass is 16.5. The van der Waals surface area contributed by atoms with Gasteiger partial charge in [0.1, 0.15) is 5.75 Å². The molecule has 1 aromatic heterocycles. The van der Waals surface area contributed by atoms with E-state index in [-0.39, 0.29) is 18.6 Å². The van der Waals surface area contributed by atoms with Gasteiger partial charge >= 0.3 is 0 Å². The van der Waals surface area contributed by atoms with Crippen LogP contribution in [0.4, 0.5) is 0 Å². The number of rotatable bonds is 9. The van der Waals surface area contributed by atoms with Crippen molar-refractivity contribution in [1.82, 2.24) is 15.2 Å². The molecule has 1 aromatic rings. The van der Waals surface area contributed by atoms with E-state index in [1.54, 1.807) is 25.3 Å². The molecule has 21 heavy (non-hydrogen) atoms. The van der Waals surface area contributed by atoms with Crippen LogP contribution >= 0.6 is 0 Å². The summed E-state index contributed by atoms with van der Waals surface area (Å²) < 4.78 is 10.4. The van der Waals surface area contributed by atoms with Crippen molar-refractivity contribution in [1.29, 1.82) is 0 Å². The molecular weight excluding hydrogens is 270 g/mol. The van der Waals surface area contributed by atoms with Gasteiger partial charge in [-0.25, -0.2) is 0 Å². The Morgan fingerprint density at radius 1 is 1.43 bits per heavy atom. The van der Waals surface area contributed by atoms with Gasteiger partial charge in [-0.2, -0.15) is 0 Å². The van der Waals surface area contributed by atoms with Crippen molar-refractivity contribution in [3.63, 3.8) is 0 Å². The highest BCUT2D eigenvalue weighted by Crippen LogP contribution is 2.09. The fraction of sp³-hybridized carbons (Fsp3) is 0.600. The third-order valence-corrected chi connectivity index (χ3v) is 3.12. The smallest absolute Gasteiger partial charge is 0.260 e. The van der Waals surface area contributed by atoms with E-state index in [1.165, 1.54) is 0 Å². The van der Waals surface area contributed by atoms with E-state index >= 15 is 0 Å². The van der Waals surface area contributed by atoms with Crippen LogP contribution in [-0.4, -0.2) is 55.7 Å². The molecule has 0 saturated carbocycles. The zero-order valence-electron chi connectivity index (χ0n) is 13.3. The molecule has 118 valence electrons. The Kier molecular flexibility index (Phi) is 7.71. The maximum Gasteiger partial charge on any atom is 0.260 e. The molecule has 0 aliphatic heterocycles. The van der Waals surface area contributed by atoms with E-state index in [2.05, 4.69) is 10.3 Å². The average Bonchev–Trinajstić information content (AvgIpc) is 2.49. The quantitative estimate of drug-likeness (QED) is 0.690. The fourth-order valence-electron chi connectivity index (χ4n) is 1.53. The minimum absolute atomic E-state index is 0.0296. The number of pyridine rings is 1. The Bertz CT molecular complexity index is 421. The fourth-order valence-corrected chi connectivity index (χ4v) is 1.53. The van der Waals surface area contributed by atoms with E-state index in [1.807, 2.05) is 26.0 Å². The Morgan fingerprint density at radius 3 is 2.76 bits per heavy atom. The number of carbonyl (C=O) groups is 1. The van der Waals surface area contributed by atoms with E-state index < -0.39 is 0 Å². The van der Waals surface area contributed by atoms with E-state index in [0.717, 1.165) is 12.2 Å². The molecule has 6 heteroatoms. The maximum absolute atomic E-state index is 11.8. The third-order valence-electron chi connectivity index (χ3n) is 3.12. The van der Waals surface area contributed by atoms with E-state index in [9.17, 15) is 4.79 Å². The number of aromatic nitrogens is 1. The van der Waals surface area contributed by atoms with Gasteiger partial charge in [0.2, 0.25) is 0 Å². The molecule has 1 amide bonds. The van der Waals surface area contributed by atoms with E-state index in [4.69, 9.17) is 9.47 Å². The first-order valence-corrected chi connectivity index (χ1v) is 7.07. The van der Waals surface area contributed by atoms with Crippen LogP contribution in [-0.2, 0) is 16.1 Å². The molecule has 0 aliphatic rings.